The third kappa shape index (κ3) is 3.62. The summed E-state index contributed by atoms with van der Waals surface area (Å²) in [6, 6.07) is 11.3. The Morgan fingerprint density at radius 1 is 1.00 bits per heavy atom. The predicted molar refractivity (Wildman–Crippen MR) is 81.4 cm³/mol. The highest BCUT2D eigenvalue weighted by molar-refractivity contribution is 7.87. The van der Waals surface area contributed by atoms with Gasteiger partial charge in [0, 0.05) is 12.1 Å². The van der Waals surface area contributed by atoms with Crippen molar-refractivity contribution in [2.75, 3.05) is 0 Å². The molecule has 0 heterocycles. The van der Waals surface area contributed by atoms with Gasteiger partial charge in [0.15, 0.2) is 0 Å². The molecule has 2 aromatic rings. The van der Waals surface area contributed by atoms with Crippen molar-refractivity contribution in [3.8, 4) is 5.75 Å². The fraction of sp³-hybridized carbons (Fsp3) is 0.200. The van der Waals surface area contributed by atoms with Crippen LogP contribution in [-0.2, 0) is 10.1 Å². The Morgan fingerprint density at radius 2 is 1.55 bits per heavy atom. The number of nitro benzene ring substituents is 1. The molecule has 0 aliphatic rings. The van der Waals surface area contributed by atoms with Gasteiger partial charge in [-0.15, -0.1) is 0 Å². The molecular formula is C15H15NO5S. The molecule has 22 heavy (non-hydrogen) atoms. The van der Waals surface area contributed by atoms with Crippen LogP contribution in [-0.4, -0.2) is 13.3 Å². The highest BCUT2D eigenvalue weighted by Crippen LogP contribution is 2.23. The van der Waals surface area contributed by atoms with Crippen molar-refractivity contribution in [2.24, 2.45) is 0 Å². The van der Waals surface area contributed by atoms with Crippen LogP contribution in [0.15, 0.2) is 53.4 Å². The first-order valence-electron chi connectivity index (χ1n) is 6.58. The molecule has 0 saturated heterocycles. The molecule has 0 aliphatic carbocycles. The van der Waals surface area contributed by atoms with Crippen LogP contribution >= 0.6 is 0 Å². The zero-order valence-electron chi connectivity index (χ0n) is 12.1. The summed E-state index contributed by atoms with van der Waals surface area (Å²) in [5.41, 5.74) is 0.889. The lowest BCUT2D eigenvalue weighted by molar-refractivity contribution is -0.384. The first kappa shape index (κ1) is 16.0. The third-order valence-electron chi connectivity index (χ3n) is 3.09. The van der Waals surface area contributed by atoms with Crippen molar-refractivity contribution in [2.45, 2.75) is 24.7 Å². The van der Waals surface area contributed by atoms with Crippen LogP contribution in [0.25, 0.3) is 0 Å². The van der Waals surface area contributed by atoms with E-state index in [4.69, 9.17) is 4.18 Å². The minimum atomic E-state index is -3.96. The molecule has 0 N–H and O–H groups in total. The molecular weight excluding hydrogens is 306 g/mol. The minimum absolute atomic E-state index is 0.0264. The van der Waals surface area contributed by atoms with Gasteiger partial charge in [0.1, 0.15) is 10.6 Å². The summed E-state index contributed by atoms with van der Waals surface area (Å²) < 4.78 is 29.3. The molecule has 0 spiro atoms. The molecule has 0 aliphatic heterocycles. The van der Waals surface area contributed by atoms with E-state index in [1.165, 1.54) is 36.4 Å². The zero-order valence-corrected chi connectivity index (χ0v) is 12.9. The topological polar surface area (TPSA) is 86.5 Å². The Labute approximate surface area is 128 Å². The van der Waals surface area contributed by atoms with E-state index in [-0.39, 0.29) is 16.3 Å². The molecule has 0 amide bonds. The van der Waals surface area contributed by atoms with Crippen molar-refractivity contribution in [1.82, 2.24) is 0 Å². The van der Waals surface area contributed by atoms with Crippen LogP contribution in [0.2, 0.25) is 0 Å². The second-order valence-corrected chi connectivity index (χ2v) is 6.56. The van der Waals surface area contributed by atoms with Gasteiger partial charge in [0.2, 0.25) is 0 Å². The monoisotopic (exact) mass is 321 g/mol. The van der Waals surface area contributed by atoms with E-state index < -0.39 is 15.0 Å². The Kier molecular flexibility index (Phi) is 4.46. The number of benzene rings is 2. The second-order valence-electron chi connectivity index (χ2n) is 5.01. The molecule has 0 atom stereocenters. The van der Waals surface area contributed by atoms with Crippen LogP contribution in [0.3, 0.4) is 0 Å². The summed E-state index contributed by atoms with van der Waals surface area (Å²) in [4.78, 5) is 10.0. The summed E-state index contributed by atoms with van der Waals surface area (Å²) in [7, 11) is -3.96. The van der Waals surface area contributed by atoms with Gasteiger partial charge in [-0.25, -0.2) is 0 Å². The number of hydrogen-bond donors (Lipinski definition) is 0. The zero-order chi connectivity index (χ0) is 16.3. The Bertz CT molecular complexity index is 765. The largest absolute Gasteiger partial charge is 0.379 e. The van der Waals surface area contributed by atoms with Gasteiger partial charge in [0.25, 0.3) is 5.69 Å². The molecule has 7 heteroatoms. The van der Waals surface area contributed by atoms with Crippen LogP contribution in [0.5, 0.6) is 5.75 Å². The molecule has 6 nitrogen and oxygen atoms in total. The molecule has 0 radical (unpaired) electrons. The van der Waals surface area contributed by atoms with Gasteiger partial charge in [-0.3, -0.25) is 10.1 Å². The fourth-order valence-corrected chi connectivity index (χ4v) is 2.75. The number of non-ortho nitro benzene ring substituents is 1. The van der Waals surface area contributed by atoms with E-state index in [9.17, 15) is 18.5 Å². The average Bonchev–Trinajstić information content (AvgIpc) is 2.47. The quantitative estimate of drug-likeness (QED) is 0.478. The predicted octanol–water partition coefficient (Wildman–Crippen LogP) is 3.49. The molecule has 0 unspecified atom stereocenters. The van der Waals surface area contributed by atoms with E-state index in [1.807, 2.05) is 13.8 Å². The van der Waals surface area contributed by atoms with E-state index in [1.54, 1.807) is 12.1 Å². The van der Waals surface area contributed by atoms with E-state index >= 15 is 0 Å². The highest BCUT2D eigenvalue weighted by atomic mass is 32.2. The molecule has 0 fully saturated rings. The van der Waals surface area contributed by atoms with Crippen LogP contribution in [0, 0.1) is 10.1 Å². The van der Waals surface area contributed by atoms with E-state index in [0.717, 1.165) is 5.56 Å². The summed E-state index contributed by atoms with van der Waals surface area (Å²) in [6.45, 7) is 4.02. The fourth-order valence-electron chi connectivity index (χ4n) is 1.82. The molecule has 0 aromatic heterocycles. The van der Waals surface area contributed by atoms with Crippen molar-refractivity contribution in [3.63, 3.8) is 0 Å². The van der Waals surface area contributed by atoms with Crippen LogP contribution in [0.4, 0.5) is 5.69 Å². The first-order chi connectivity index (χ1) is 10.3. The van der Waals surface area contributed by atoms with Gasteiger partial charge in [-0.2, -0.15) is 8.42 Å². The molecule has 116 valence electrons. The number of hydrogen-bond acceptors (Lipinski definition) is 5. The smallest absolute Gasteiger partial charge is 0.339 e. The van der Waals surface area contributed by atoms with Crippen LogP contribution in [0.1, 0.15) is 25.3 Å². The lowest BCUT2D eigenvalue weighted by Gasteiger charge is -2.09. The van der Waals surface area contributed by atoms with E-state index in [2.05, 4.69) is 0 Å². The second kappa shape index (κ2) is 6.15. The number of rotatable bonds is 5. The molecule has 2 aromatic carbocycles. The normalized spacial score (nSPS) is 11.4. The van der Waals surface area contributed by atoms with Gasteiger partial charge in [0.05, 0.1) is 4.92 Å². The summed E-state index contributed by atoms with van der Waals surface area (Å²) in [5, 5.41) is 10.6. The lowest BCUT2D eigenvalue weighted by atomic mass is 10.0. The maximum atomic E-state index is 12.1. The number of nitro groups is 1. The summed E-state index contributed by atoms with van der Waals surface area (Å²) >= 11 is 0. The highest BCUT2D eigenvalue weighted by Gasteiger charge is 2.17. The van der Waals surface area contributed by atoms with Crippen molar-refractivity contribution < 1.29 is 17.5 Å². The molecule has 2 rings (SSSR count). The molecule has 0 saturated carbocycles. The lowest BCUT2D eigenvalue weighted by Crippen LogP contribution is -2.09. The maximum absolute atomic E-state index is 12.1. The minimum Gasteiger partial charge on any atom is -0.379 e. The summed E-state index contributed by atoms with van der Waals surface area (Å²) in [5.74, 6) is 0.325. The van der Waals surface area contributed by atoms with Crippen LogP contribution < -0.4 is 4.18 Å². The Morgan fingerprint density at radius 3 is 2.00 bits per heavy atom. The van der Waals surface area contributed by atoms with E-state index in [0.29, 0.717) is 5.92 Å². The van der Waals surface area contributed by atoms with Gasteiger partial charge in [-0.1, -0.05) is 26.0 Å². The number of nitrogens with zero attached hydrogens (tertiary/aromatic N) is 1. The standard InChI is InChI=1S/C15H15NO5S/c1-11(2)12-3-9-15(10-4-12)22(19,20)21-14-7-5-13(6-8-14)16(17)18/h3-11H,1-2H3. The maximum Gasteiger partial charge on any atom is 0.339 e. The van der Waals surface area contributed by atoms with Crippen molar-refractivity contribution in [3.05, 3.63) is 64.2 Å². The van der Waals surface area contributed by atoms with Crippen molar-refractivity contribution >= 4 is 15.8 Å². The Hall–Kier alpha value is -2.41. The van der Waals surface area contributed by atoms with Gasteiger partial charge >= 0.3 is 10.1 Å². The SMILES string of the molecule is CC(C)c1ccc(S(=O)(=O)Oc2ccc([N+](=O)[O-])cc2)cc1. The third-order valence-corrected chi connectivity index (χ3v) is 4.35. The molecule has 0 bridgehead atoms. The first-order valence-corrected chi connectivity index (χ1v) is 7.99. The summed E-state index contributed by atoms with van der Waals surface area (Å²) in [6.07, 6.45) is 0. The van der Waals surface area contributed by atoms with Gasteiger partial charge in [-0.05, 0) is 35.7 Å². The average molecular weight is 321 g/mol. The van der Waals surface area contributed by atoms with Crippen molar-refractivity contribution in [1.29, 1.82) is 0 Å². The van der Waals surface area contributed by atoms with Gasteiger partial charge < -0.3 is 4.18 Å². The Balaban J connectivity index is 2.21.